The number of carboxylic acids is 1. The molecule has 1 aromatic rings. The molecule has 0 fully saturated rings. The van der Waals surface area contributed by atoms with E-state index in [2.05, 4.69) is 18.7 Å². The van der Waals surface area contributed by atoms with Crippen molar-refractivity contribution in [3.05, 3.63) is 35.1 Å². The maximum atomic E-state index is 14.2. The van der Waals surface area contributed by atoms with Crippen LogP contribution in [-0.4, -0.2) is 42.3 Å². The van der Waals surface area contributed by atoms with E-state index in [0.717, 1.165) is 12.8 Å². The number of benzene rings is 1. The quantitative estimate of drug-likeness (QED) is 0.760. The van der Waals surface area contributed by atoms with Gasteiger partial charge in [0, 0.05) is 31.8 Å². The summed E-state index contributed by atoms with van der Waals surface area (Å²) in [6.07, 6.45) is 1.92. The van der Waals surface area contributed by atoms with E-state index in [0.29, 0.717) is 31.3 Å². The van der Waals surface area contributed by atoms with Gasteiger partial charge in [0.2, 0.25) is 0 Å². The molecule has 0 aliphatic carbocycles. The number of carboxylic acid groups (broad SMARTS) is 1. The lowest BCUT2D eigenvalue weighted by Crippen LogP contribution is -2.36. The van der Waals surface area contributed by atoms with E-state index in [1.807, 2.05) is 0 Å². The molecule has 118 valence electrons. The molecule has 0 unspecified atom stereocenters. The zero-order chi connectivity index (χ0) is 15.8. The Labute approximate surface area is 125 Å². The minimum atomic E-state index is -1.24. The first-order valence-corrected chi connectivity index (χ1v) is 7.28. The smallest absolute Gasteiger partial charge is 0.338 e. The second-order valence-corrected chi connectivity index (χ2v) is 5.02. The molecule has 0 atom stereocenters. The van der Waals surface area contributed by atoms with Crippen LogP contribution in [0.3, 0.4) is 0 Å². The van der Waals surface area contributed by atoms with E-state index in [1.165, 1.54) is 6.07 Å². The molecule has 0 aliphatic heterocycles. The van der Waals surface area contributed by atoms with E-state index >= 15 is 0 Å². The van der Waals surface area contributed by atoms with Crippen LogP contribution in [0.25, 0.3) is 0 Å². The van der Waals surface area contributed by atoms with Crippen molar-refractivity contribution in [2.24, 2.45) is 0 Å². The monoisotopic (exact) mass is 297 g/mol. The fourth-order valence-electron chi connectivity index (χ4n) is 2.49. The summed E-state index contributed by atoms with van der Waals surface area (Å²) in [7, 11) is 1.64. The zero-order valence-electron chi connectivity index (χ0n) is 12.9. The molecule has 1 aromatic carbocycles. The largest absolute Gasteiger partial charge is 0.478 e. The summed E-state index contributed by atoms with van der Waals surface area (Å²) >= 11 is 0. The molecular weight excluding hydrogens is 273 g/mol. The average molecular weight is 297 g/mol. The highest BCUT2D eigenvalue weighted by molar-refractivity contribution is 5.88. The van der Waals surface area contributed by atoms with Gasteiger partial charge in [0.1, 0.15) is 5.82 Å². The highest BCUT2D eigenvalue weighted by Gasteiger charge is 2.19. The lowest BCUT2D eigenvalue weighted by atomic mass is 10.1. The summed E-state index contributed by atoms with van der Waals surface area (Å²) in [5, 5.41) is 8.99. The Hall–Kier alpha value is -1.46. The molecule has 5 heteroatoms. The van der Waals surface area contributed by atoms with Gasteiger partial charge in [-0.05, 0) is 18.9 Å². The van der Waals surface area contributed by atoms with Crippen molar-refractivity contribution in [3.63, 3.8) is 0 Å². The molecule has 0 aromatic heterocycles. The van der Waals surface area contributed by atoms with Gasteiger partial charge >= 0.3 is 5.97 Å². The normalized spacial score (nSPS) is 11.3. The fraction of sp³-hybridized carbons (Fsp3) is 0.562. The topological polar surface area (TPSA) is 49.8 Å². The Kier molecular flexibility index (Phi) is 7.32. The fourth-order valence-corrected chi connectivity index (χ4v) is 2.49. The number of hydrogen-bond donors (Lipinski definition) is 1. The lowest BCUT2D eigenvalue weighted by Gasteiger charge is -2.30. The van der Waals surface area contributed by atoms with Crippen LogP contribution in [0, 0.1) is 5.82 Å². The minimum absolute atomic E-state index is 0.274. The minimum Gasteiger partial charge on any atom is -0.478 e. The van der Waals surface area contributed by atoms with E-state index in [4.69, 9.17) is 9.84 Å². The predicted octanol–water partition coefficient (Wildman–Crippen LogP) is 3.16. The van der Waals surface area contributed by atoms with Crippen LogP contribution in [-0.2, 0) is 11.3 Å². The van der Waals surface area contributed by atoms with E-state index in [-0.39, 0.29) is 5.56 Å². The van der Waals surface area contributed by atoms with Crippen LogP contribution >= 0.6 is 0 Å². The third-order valence-electron chi connectivity index (χ3n) is 3.72. The molecule has 0 heterocycles. The van der Waals surface area contributed by atoms with Gasteiger partial charge in [-0.25, -0.2) is 9.18 Å². The SMILES string of the molecule is CCC(CC)N(CCOC)Cc1cccc(C(=O)O)c1F. The Morgan fingerprint density at radius 3 is 2.57 bits per heavy atom. The number of halogens is 1. The maximum absolute atomic E-state index is 14.2. The van der Waals surface area contributed by atoms with E-state index in [9.17, 15) is 9.18 Å². The highest BCUT2D eigenvalue weighted by atomic mass is 19.1. The van der Waals surface area contributed by atoms with Gasteiger partial charge in [-0.1, -0.05) is 26.0 Å². The lowest BCUT2D eigenvalue weighted by molar-refractivity contribution is 0.0690. The van der Waals surface area contributed by atoms with Crippen molar-refractivity contribution >= 4 is 5.97 Å². The Morgan fingerprint density at radius 1 is 1.38 bits per heavy atom. The number of rotatable bonds is 9. The van der Waals surface area contributed by atoms with Gasteiger partial charge in [-0.15, -0.1) is 0 Å². The molecule has 0 radical (unpaired) electrons. The summed E-state index contributed by atoms with van der Waals surface area (Å²) in [4.78, 5) is 13.2. The van der Waals surface area contributed by atoms with Crippen molar-refractivity contribution in [1.29, 1.82) is 0 Å². The van der Waals surface area contributed by atoms with Gasteiger partial charge in [0.25, 0.3) is 0 Å². The second kappa shape index (κ2) is 8.74. The Bertz CT molecular complexity index is 461. The predicted molar refractivity (Wildman–Crippen MR) is 80.0 cm³/mol. The van der Waals surface area contributed by atoms with E-state index < -0.39 is 11.8 Å². The Balaban J connectivity index is 2.97. The van der Waals surface area contributed by atoms with Crippen LogP contribution in [0.15, 0.2) is 18.2 Å². The van der Waals surface area contributed by atoms with E-state index in [1.54, 1.807) is 19.2 Å². The first kappa shape index (κ1) is 17.6. The van der Waals surface area contributed by atoms with Crippen LogP contribution in [0.1, 0.15) is 42.6 Å². The zero-order valence-corrected chi connectivity index (χ0v) is 12.9. The molecule has 1 rings (SSSR count). The van der Waals surface area contributed by atoms with Gasteiger partial charge < -0.3 is 9.84 Å². The van der Waals surface area contributed by atoms with Crippen molar-refractivity contribution < 1.29 is 19.0 Å². The summed E-state index contributed by atoms with van der Waals surface area (Å²) in [5.41, 5.74) is 0.140. The molecule has 0 aliphatic rings. The van der Waals surface area contributed by atoms with Crippen LogP contribution in [0.4, 0.5) is 4.39 Å². The summed E-state index contributed by atoms with van der Waals surface area (Å²) < 4.78 is 19.4. The number of carbonyl (C=O) groups is 1. The van der Waals surface area contributed by atoms with Crippen molar-refractivity contribution in [3.8, 4) is 0 Å². The second-order valence-electron chi connectivity index (χ2n) is 5.02. The van der Waals surface area contributed by atoms with Gasteiger partial charge in [0.15, 0.2) is 0 Å². The molecular formula is C16H24FNO3. The third kappa shape index (κ3) is 4.79. The molecule has 0 saturated heterocycles. The number of nitrogens with zero attached hydrogens (tertiary/aromatic N) is 1. The van der Waals surface area contributed by atoms with Gasteiger partial charge in [0.05, 0.1) is 12.2 Å². The van der Waals surface area contributed by atoms with Crippen molar-refractivity contribution in [2.75, 3.05) is 20.3 Å². The average Bonchev–Trinajstić information content (AvgIpc) is 2.47. The maximum Gasteiger partial charge on any atom is 0.338 e. The standard InChI is InChI=1S/C16H24FNO3/c1-4-13(5-2)18(9-10-21-3)11-12-7-6-8-14(15(12)17)16(19)20/h6-8,13H,4-5,9-11H2,1-3H3,(H,19,20). The van der Waals surface area contributed by atoms with Crippen molar-refractivity contribution in [2.45, 2.75) is 39.3 Å². The van der Waals surface area contributed by atoms with Gasteiger partial charge in [-0.3, -0.25) is 4.90 Å². The molecule has 4 nitrogen and oxygen atoms in total. The van der Waals surface area contributed by atoms with Gasteiger partial charge in [-0.2, -0.15) is 0 Å². The van der Waals surface area contributed by atoms with Crippen LogP contribution < -0.4 is 0 Å². The first-order chi connectivity index (χ1) is 10.0. The first-order valence-electron chi connectivity index (χ1n) is 7.28. The van der Waals surface area contributed by atoms with Crippen molar-refractivity contribution in [1.82, 2.24) is 4.90 Å². The summed E-state index contributed by atoms with van der Waals surface area (Å²) in [6, 6.07) is 4.85. The molecule has 0 spiro atoms. The molecule has 21 heavy (non-hydrogen) atoms. The summed E-state index contributed by atoms with van der Waals surface area (Å²) in [6.45, 7) is 5.84. The number of aromatic carboxylic acids is 1. The number of methoxy groups -OCH3 is 1. The van der Waals surface area contributed by atoms with Crippen LogP contribution in [0.5, 0.6) is 0 Å². The Morgan fingerprint density at radius 2 is 2.05 bits per heavy atom. The molecule has 1 N–H and O–H groups in total. The number of ether oxygens (including phenoxy) is 1. The molecule has 0 amide bonds. The number of hydrogen-bond acceptors (Lipinski definition) is 3. The summed E-state index contributed by atoms with van der Waals surface area (Å²) in [5.74, 6) is -1.88. The highest BCUT2D eigenvalue weighted by Crippen LogP contribution is 2.18. The molecule has 0 saturated carbocycles. The third-order valence-corrected chi connectivity index (χ3v) is 3.72. The van der Waals surface area contributed by atoms with Crippen LogP contribution in [0.2, 0.25) is 0 Å². The molecule has 0 bridgehead atoms.